The maximum atomic E-state index is 9.03. The molecule has 1 aromatic heterocycles. The number of ether oxygens (including phenoxy) is 1. The van der Waals surface area contributed by atoms with Crippen LogP contribution in [-0.4, -0.2) is 10.2 Å². The summed E-state index contributed by atoms with van der Waals surface area (Å²) < 4.78 is 6.75. The van der Waals surface area contributed by atoms with Crippen molar-refractivity contribution in [2.24, 2.45) is 0 Å². The number of rotatable bonds is 2. The van der Waals surface area contributed by atoms with E-state index in [9.17, 15) is 0 Å². The Bertz CT molecular complexity index is 930. The first kappa shape index (κ1) is 14.1. The van der Waals surface area contributed by atoms with Crippen molar-refractivity contribution in [1.82, 2.24) is 10.2 Å². The Morgan fingerprint density at radius 3 is 2.45 bits per heavy atom. The largest absolute Gasteiger partial charge is 0.456 e. The molecule has 3 aromatic rings. The molecule has 1 heterocycles. The summed E-state index contributed by atoms with van der Waals surface area (Å²) in [6.07, 6.45) is 0. The molecule has 0 radical (unpaired) electrons. The van der Waals surface area contributed by atoms with Gasteiger partial charge in [0.05, 0.1) is 28.7 Å². The van der Waals surface area contributed by atoms with Gasteiger partial charge >= 0.3 is 0 Å². The van der Waals surface area contributed by atoms with Gasteiger partial charge < -0.3 is 4.74 Å². The number of aromatic amines is 1. The van der Waals surface area contributed by atoms with Crippen LogP contribution < -0.4 is 4.74 Å². The first-order valence-electron chi connectivity index (χ1n) is 6.38. The van der Waals surface area contributed by atoms with Crippen LogP contribution in [0.25, 0.3) is 10.9 Å². The number of hydrogen-bond acceptors (Lipinski definition) is 4. The fourth-order valence-corrected chi connectivity index (χ4v) is 2.63. The SMILES string of the molecule is Cc1[nH]nc2c(Br)ccc(Oc3cc(C#N)cc(C#N)c3)c12. The number of H-pyrrole nitrogens is 1. The Morgan fingerprint density at radius 1 is 1.14 bits per heavy atom. The third-order valence-corrected chi connectivity index (χ3v) is 3.83. The van der Waals surface area contributed by atoms with Gasteiger partial charge in [0, 0.05) is 10.2 Å². The highest BCUT2D eigenvalue weighted by atomic mass is 79.9. The maximum absolute atomic E-state index is 9.03. The molecule has 0 spiro atoms. The topological polar surface area (TPSA) is 85.5 Å². The highest BCUT2D eigenvalue weighted by molar-refractivity contribution is 9.10. The molecule has 22 heavy (non-hydrogen) atoms. The van der Waals surface area contributed by atoms with E-state index in [1.165, 1.54) is 6.07 Å². The Morgan fingerprint density at radius 2 is 1.82 bits per heavy atom. The molecule has 2 aromatic carbocycles. The van der Waals surface area contributed by atoms with Crippen LogP contribution in [-0.2, 0) is 0 Å². The van der Waals surface area contributed by atoms with Gasteiger partial charge in [-0.1, -0.05) is 0 Å². The summed E-state index contributed by atoms with van der Waals surface area (Å²) in [5.41, 5.74) is 2.41. The lowest BCUT2D eigenvalue weighted by atomic mass is 10.1. The summed E-state index contributed by atoms with van der Waals surface area (Å²) >= 11 is 3.45. The van der Waals surface area contributed by atoms with Gasteiger partial charge in [-0.2, -0.15) is 15.6 Å². The van der Waals surface area contributed by atoms with E-state index >= 15 is 0 Å². The molecule has 0 saturated heterocycles. The third kappa shape index (κ3) is 2.41. The van der Waals surface area contributed by atoms with Crippen LogP contribution in [0.1, 0.15) is 16.8 Å². The monoisotopic (exact) mass is 352 g/mol. The normalized spacial score (nSPS) is 10.2. The number of nitriles is 2. The number of nitrogens with zero attached hydrogens (tertiary/aromatic N) is 3. The summed E-state index contributed by atoms with van der Waals surface area (Å²) in [6.45, 7) is 1.90. The smallest absolute Gasteiger partial charge is 0.138 e. The van der Waals surface area contributed by atoms with E-state index in [1.54, 1.807) is 12.1 Å². The lowest BCUT2D eigenvalue weighted by molar-refractivity contribution is 0.488. The second-order valence-corrected chi connectivity index (χ2v) is 5.54. The molecule has 6 heteroatoms. The van der Waals surface area contributed by atoms with Gasteiger partial charge in [0.1, 0.15) is 17.0 Å². The van der Waals surface area contributed by atoms with E-state index in [-0.39, 0.29) is 0 Å². The number of nitrogens with one attached hydrogen (secondary N) is 1. The number of aromatic nitrogens is 2. The minimum absolute atomic E-state index is 0.381. The van der Waals surface area contributed by atoms with Crippen molar-refractivity contribution in [3.05, 3.63) is 51.6 Å². The predicted molar refractivity (Wildman–Crippen MR) is 84.5 cm³/mol. The molecule has 0 aliphatic rings. The minimum Gasteiger partial charge on any atom is -0.456 e. The fourth-order valence-electron chi connectivity index (χ4n) is 2.21. The van der Waals surface area contributed by atoms with E-state index < -0.39 is 0 Å². The summed E-state index contributed by atoms with van der Waals surface area (Å²) in [5, 5.41) is 26.1. The Labute approximate surface area is 134 Å². The zero-order valence-electron chi connectivity index (χ0n) is 11.5. The first-order chi connectivity index (χ1) is 10.6. The number of fused-ring (bicyclic) bond motifs is 1. The molecule has 0 aliphatic carbocycles. The molecule has 0 atom stereocenters. The average molecular weight is 353 g/mol. The predicted octanol–water partition coefficient (Wildman–Crippen LogP) is 4.17. The van der Waals surface area contributed by atoms with Crippen LogP contribution in [0.2, 0.25) is 0 Å². The molecule has 1 N–H and O–H groups in total. The molecule has 0 bridgehead atoms. The molecule has 0 fully saturated rings. The molecule has 106 valence electrons. The van der Waals surface area contributed by atoms with Crippen molar-refractivity contribution < 1.29 is 4.74 Å². The van der Waals surface area contributed by atoms with Crippen molar-refractivity contribution in [1.29, 1.82) is 10.5 Å². The highest BCUT2D eigenvalue weighted by Crippen LogP contribution is 2.35. The quantitative estimate of drug-likeness (QED) is 0.749. The fraction of sp³-hybridized carbons (Fsp3) is 0.0625. The van der Waals surface area contributed by atoms with Crippen molar-refractivity contribution in [3.63, 3.8) is 0 Å². The molecule has 0 unspecified atom stereocenters. The minimum atomic E-state index is 0.381. The van der Waals surface area contributed by atoms with Crippen LogP contribution in [0, 0.1) is 29.6 Å². The zero-order chi connectivity index (χ0) is 15.7. The Kier molecular flexibility index (Phi) is 3.54. The van der Waals surface area contributed by atoms with Crippen molar-refractivity contribution in [2.75, 3.05) is 0 Å². The van der Waals surface area contributed by atoms with Crippen LogP contribution >= 0.6 is 15.9 Å². The highest BCUT2D eigenvalue weighted by Gasteiger charge is 2.13. The van der Waals surface area contributed by atoms with Gasteiger partial charge in [-0.25, -0.2) is 0 Å². The average Bonchev–Trinajstić information content (AvgIpc) is 2.93. The molecule has 0 amide bonds. The van der Waals surface area contributed by atoms with Gasteiger partial charge in [-0.3, -0.25) is 5.10 Å². The van der Waals surface area contributed by atoms with Crippen LogP contribution in [0.15, 0.2) is 34.8 Å². The van der Waals surface area contributed by atoms with Gasteiger partial charge in [0.25, 0.3) is 0 Å². The van der Waals surface area contributed by atoms with Gasteiger partial charge in [-0.15, -0.1) is 0 Å². The summed E-state index contributed by atoms with van der Waals surface area (Å²) in [5.74, 6) is 1.06. The van der Waals surface area contributed by atoms with Gasteiger partial charge in [0.2, 0.25) is 0 Å². The third-order valence-electron chi connectivity index (χ3n) is 3.19. The summed E-state index contributed by atoms with van der Waals surface area (Å²) in [4.78, 5) is 0. The van der Waals surface area contributed by atoms with Gasteiger partial charge in [0.15, 0.2) is 0 Å². The van der Waals surface area contributed by atoms with Gasteiger partial charge in [-0.05, 0) is 53.2 Å². The van der Waals surface area contributed by atoms with Crippen LogP contribution in [0.3, 0.4) is 0 Å². The first-order valence-corrected chi connectivity index (χ1v) is 7.18. The van der Waals surface area contributed by atoms with E-state index in [0.29, 0.717) is 22.6 Å². The molecular formula is C16H9BrN4O. The zero-order valence-corrected chi connectivity index (χ0v) is 13.1. The Balaban J connectivity index is 2.12. The molecule has 0 aliphatic heterocycles. The standard InChI is InChI=1S/C16H9BrN4O/c1-9-15-14(3-2-13(17)16(15)21-20-9)22-12-5-10(7-18)4-11(6-12)8-19/h2-6H,1H3,(H,20,21). The number of hydrogen-bond donors (Lipinski definition) is 1. The maximum Gasteiger partial charge on any atom is 0.138 e. The van der Waals surface area contributed by atoms with E-state index in [4.69, 9.17) is 15.3 Å². The van der Waals surface area contributed by atoms with Crippen molar-refractivity contribution in [2.45, 2.75) is 6.92 Å². The van der Waals surface area contributed by atoms with Crippen LogP contribution in [0.5, 0.6) is 11.5 Å². The second-order valence-electron chi connectivity index (χ2n) is 4.69. The number of aryl methyl sites for hydroxylation is 1. The second kappa shape index (κ2) is 5.51. The molecule has 5 nitrogen and oxygen atoms in total. The van der Waals surface area contributed by atoms with E-state index in [1.807, 2.05) is 31.2 Å². The lowest BCUT2D eigenvalue weighted by Gasteiger charge is -2.08. The van der Waals surface area contributed by atoms with Crippen LogP contribution in [0.4, 0.5) is 0 Å². The van der Waals surface area contributed by atoms with E-state index in [0.717, 1.165) is 21.1 Å². The van der Waals surface area contributed by atoms with Crippen molar-refractivity contribution in [3.8, 4) is 23.6 Å². The summed E-state index contributed by atoms with van der Waals surface area (Å²) in [6, 6.07) is 12.4. The molecular weight excluding hydrogens is 344 g/mol. The molecule has 0 saturated carbocycles. The Hall–Kier alpha value is -2.83. The number of benzene rings is 2. The summed E-state index contributed by atoms with van der Waals surface area (Å²) in [7, 11) is 0. The number of halogens is 1. The van der Waals surface area contributed by atoms with E-state index in [2.05, 4.69) is 26.1 Å². The van der Waals surface area contributed by atoms with Crippen molar-refractivity contribution >= 4 is 26.8 Å². The molecule has 3 rings (SSSR count). The lowest BCUT2D eigenvalue weighted by Crippen LogP contribution is -1.89.